The average molecular weight is 353 g/mol. The van der Waals surface area contributed by atoms with Gasteiger partial charge in [-0.3, -0.25) is 9.59 Å². The summed E-state index contributed by atoms with van der Waals surface area (Å²) in [6, 6.07) is 15.8. The zero-order valence-electron chi connectivity index (χ0n) is 13.7. The Morgan fingerprint density at radius 2 is 1.84 bits per heavy atom. The summed E-state index contributed by atoms with van der Waals surface area (Å²) >= 11 is 1.69. The fourth-order valence-electron chi connectivity index (χ4n) is 2.72. The fourth-order valence-corrected chi connectivity index (χ4v) is 3.49. The summed E-state index contributed by atoms with van der Waals surface area (Å²) in [6.07, 6.45) is 0.961. The van der Waals surface area contributed by atoms with Crippen molar-refractivity contribution in [3.8, 4) is 0 Å². The summed E-state index contributed by atoms with van der Waals surface area (Å²) in [6.45, 7) is 0.445. The van der Waals surface area contributed by atoms with E-state index in [4.69, 9.17) is 5.11 Å². The Morgan fingerprint density at radius 3 is 2.68 bits per heavy atom. The van der Waals surface area contributed by atoms with E-state index >= 15 is 0 Å². The van der Waals surface area contributed by atoms with Crippen molar-refractivity contribution in [3.05, 3.63) is 70.6 Å². The number of amides is 1. The van der Waals surface area contributed by atoms with Gasteiger partial charge < -0.3 is 10.4 Å². The van der Waals surface area contributed by atoms with Gasteiger partial charge in [-0.1, -0.05) is 30.3 Å². The van der Waals surface area contributed by atoms with E-state index in [1.54, 1.807) is 11.3 Å². The third-order valence-electron chi connectivity index (χ3n) is 3.99. The van der Waals surface area contributed by atoms with Crippen LogP contribution in [0.5, 0.6) is 0 Å². The fraction of sp³-hybridized carbons (Fsp3) is 0.200. The number of carbonyl (C=O) groups excluding carboxylic acids is 1. The highest BCUT2D eigenvalue weighted by Crippen LogP contribution is 2.21. The van der Waals surface area contributed by atoms with Crippen LogP contribution in [0.4, 0.5) is 0 Å². The molecule has 2 N–H and O–H groups in total. The Labute approximate surface area is 150 Å². The van der Waals surface area contributed by atoms with Gasteiger partial charge in [-0.05, 0) is 52.1 Å². The third-order valence-corrected chi connectivity index (χ3v) is 4.89. The summed E-state index contributed by atoms with van der Waals surface area (Å²) in [5.41, 5.74) is 2.94. The van der Waals surface area contributed by atoms with E-state index in [2.05, 4.69) is 23.5 Å². The maximum atomic E-state index is 12.2. The second kappa shape index (κ2) is 7.94. The second-order valence-corrected chi connectivity index (χ2v) is 6.91. The van der Waals surface area contributed by atoms with Gasteiger partial charge in [0.25, 0.3) is 0 Å². The van der Waals surface area contributed by atoms with Crippen LogP contribution >= 0.6 is 11.3 Å². The van der Waals surface area contributed by atoms with Gasteiger partial charge in [0.15, 0.2) is 0 Å². The van der Waals surface area contributed by atoms with Crippen LogP contribution in [0, 0.1) is 0 Å². The van der Waals surface area contributed by atoms with Crippen LogP contribution in [0.25, 0.3) is 10.1 Å². The molecule has 1 aromatic heterocycles. The molecule has 0 radical (unpaired) electrons. The third kappa shape index (κ3) is 4.90. The molecule has 3 aromatic rings. The average Bonchev–Trinajstić information content (AvgIpc) is 3.06. The van der Waals surface area contributed by atoms with Crippen molar-refractivity contribution in [1.29, 1.82) is 0 Å². The molecule has 128 valence electrons. The molecule has 0 unspecified atom stereocenters. The van der Waals surface area contributed by atoms with Crippen LogP contribution in [0.2, 0.25) is 0 Å². The quantitative estimate of drug-likeness (QED) is 0.679. The Balaban J connectivity index is 1.54. The van der Waals surface area contributed by atoms with E-state index in [1.165, 1.54) is 10.1 Å². The summed E-state index contributed by atoms with van der Waals surface area (Å²) in [5, 5.41) is 14.9. The van der Waals surface area contributed by atoms with Crippen molar-refractivity contribution in [1.82, 2.24) is 5.32 Å². The predicted octanol–water partition coefficient (Wildman–Crippen LogP) is 3.78. The molecule has 2 aromatic carbocycles. The highest BCUT2D eigenvalue weighted by Gasteiger charge is 2.06. The van der Waals surface area contributed by atoms with E-state index in [1.807, 2.05) is 35.7 Å². The molecule has 4 nitrogen and oxygen atoms in total. The molecular weight excluding hydrogens is 334 g/mol. The summed E-state index contributed by atoms with van der Waals surface area (Å²) in [4.78, 5) is 22.8. The number of benzene rings is 2. The van der Waals surface area contributed by atoms with Crippen molar-refractivity contribution < 1.29 is 14.7 Å². The Hall–Kier alpha value is -2.66. The van der Waals surface area contributed by atoms with Crippen molar-refractivity contribution >= 4 is 33.3 Å². The number of aryl methyl sites for hydroxylation is 1. The van der Waals surface area contributed by atoms with Crippen LogP contribution in [0.1, 0.15) is 23.1 Å². The van der Waals surface area contributed by atoms with E-state index in [0.29, 0.717) is 19.4 Å². The van der Waals surface area contributed by atoms with E-state index in [0.717, 1.165) is 16.7 Å². The largest absolute Gasteiger partial charge is 0.481 e. The number of rotatable bonds is 7. The standard InChI is InChI=1S/C20H19NO3S/c22-19(12-15-4-6-18-17(11-15)8-9-25-18)21-13-16-3-1-2-14(10-16)5-7-20(23)24/h1-4,6,8-11H,5,7,12-13H2,(H,21,22)(H,23,24). The summed E-state index contributed by atoms with van der Waals surface area (Å²) < 4.78 is 1.22. The molecular formula is C20H19NO3S. The first-order valence-electron chi connectivity index (χ1n) is 8.12. The normalized spacial score (nSPS) is 10.7. The summed E-state index contributed by atoms with van der Waals surface area (Å²) in [5.74, 6) is -0.827. The van der Waals surface area contributed by atoms with Gasteiger partial charge in [0, 0.05) is 17.7 Å². The second-order valence-electron chi connectivity index (χ2n) is 5.96. The van der Waals surface area contributed by atoms with E-state index in [9.17, 15) is 9.59 Å². The number of hydrogen-bond donors (Lipinski definition) is 2. The Kier molecular flexibility index (Phi) is 5.46. The highest BCUT2D eigenvalue weighted by atomic mass is 32.1. The smallest absolute Gasteiger partial charge is 0.303 e. The predicted molar refractivity (Wildman–Crippen MR) is 99.8 cm³/mol. The first kappa shape index (κ1) is 17.2. The molecule has 25 heavy (non-hydrogen) atoms. The number of carboxylic acids is 1. The van der Waals surface area contributed by atoms with Gasteiger partial charge in [0.2, 0.25) is 5.91 Å². The van der Waals surface area contributed by atoms with Crippen LogP contribution in [0.3, 0.4) is 0 Å². The number of nitrogens with one attached hydrogen (secondary N) is 1. The molecule has 0 spiro atoms. The molecule has 0 atom stereocenters. The molecule has 1 heterocycles. The lowest BCUT2D eigenvalue weighted by atomic mass is 10.1. The van der Waals surface area contributed by atoms with Crippen molar-refractivity contribution in [2.75, 3.05) is 0 Å². The number of carbonyl (C=O) groups is 2. The molecule has 1 amide bonds. The van der Waals surface area contributed by atoms with E-state index in [-0.39, 0.29) is 12.3 Å². The molecule has 3 rings (SSSR count). The van der Waals surface area contributed by atoms with E-state index < -0.39 is 5.97 Å². The van der Waals surface area contributed by atoms with Crippen molar-refractivity contribution in [2.24, 2.45) is 0 Å². The minimum Gasteiger partial charge on any atom is -0.481 e. The lowest BCUT2D eigenvalue weighted by Gasteiger charge is -2.07. The molecule has 0 aliphatic rings. The van der Waals surface area contributed by atoms with Gasteiger partial charge in [-0.15, -0.1) is 11.3 Å². The van der Waals surface area contributed by atoms with Crippen molar-refractivity contribution in [2.45, 2.75) is 25.8 Å². The van der Waals surface area contributed by atoms with Gasteiger partial charge >= 0.3 is 5.97 Å². The van der Waals surface area contributed by atoms with Crippen LogP contribution in [-0.2, 0) is 29.0 Å². The topological polar surface area (TPSA) is 66.4 Å². The first-order valence-corrected chi connectivity index (χ1v) is 9.00. The molecule has 0 aliphatic heterocycles. The van der Waals surface area contributed by atoms with Gasteiger partial charge in [-0.25, -0.2) is 0 Å². The zero-order valence-corrected chi connectivity index (χ0v) is 14.5. The molecule has 0 fully saturated rings. The van der Waals surface area contributed by atoms with Gasteiger partial charge in [-0.2, -0.15) is 0 Å². The SMILES string of the molecule is O=C(O)CCc1cccc(CNC(=O)Cc2ccc3sccc3c2)c1. The maximum absolute atomic E-state index is 12.2. The van der Waals surface area contributed by atoms with Crippen LogP contribution < -0.4 is 5.32 Å². The monoisotopic (exact) mass is 353 g/mol. The number of hydrogen-bond acceptors (Lipinski definition) is 3. The number of aliphatic carboxylic acids is 1. The van der Waals surface area contributed by atoms with Gasteiger partial charge in [0.05, 0.1) is 6.42 Å². The molecule has 0 saturated heterocycles. The first-order chi connectivity index (χ1) is 12.1. The van der Waals surface area contributed by atoms with Crippen LogP contribution in [-0.4, -0.2) is 17.0 Å². The molecule has 0 aliphatic carbocycles. The maximum Gasteiger partial charge on any atom is 0.303 e. The Bertz CT molecular complexity index is 901. The van der Waals surface area contributed by atoms with Crippen molar-refractivity contribution in [3.63, 3.8) is 0 Å². The lowest BCUT2D eigenvalue weighted by molar-refractivity contribution is -0.137. The van der Waals surface area contributed by atoms with Gasteiger partial charge in [0.1, 0.15) is 0 Å². The molecule has 5 heteroatoms. The molecule has 0 bridgehead atoms. The highest BCUT2D eigenvalue weighted by molar-refractivity contribution is 7.17. The Morgan fingerprint density at radius 1 is 1.00 bits per heavy atom. The minimum atomic E-state index is -0.804. The zero-order chi connectivity index (χ0) is 17.6. The number of thiophene rings is 1. The lowest BCUT2D eigenvalue weighted by Crippen LogP contribution is -2.24. The number of carboxylic acid groups (broad SMARTS) is 1. The molecule has 0 saturated carbocycles. The number of fused-ring (bicyclic) bond motifs is 1. The minimum absolute atomic E-state index is 0.0227. The van der Waals surface area contributed by atoms with Crippen LogP contribution in [0.15, 0.2) is 53.9 Å². The summed E-state index contributed by atoms with van der Waals surface area (Å²) in [7, 11) is 0.